The number of nitrogens with one attached hydrogen (secondary N) is 3. The molecule has 0 saturated carbocycles. The van der Waals surface area contributed by atoms with E-state index in [2.05, 4.69) is 15.4 Å². The Kier molecular flexibility index (Phi) is 5.53. The molecule has 138 valence electrons. The molecule has 1 fully saturated rings. The van der Waals surface area contributed by atoms with E-state index in [4.69, 9.17) is 0 Å². The third kappa shape index (κ3) is 4.39. The predicted molar refractivity (Wildman–Crippen MR) is 97.0 cm³/mol. The number of halogens is 1. The maximum absolute atomic E-state index is 13.6. The standard InChI is InChI=1S/C18H20FN3O3S/c19-16-5-1-2-6-17(16)22-26(24,25)15-9-7-13(8-10-15)18(23)21-12-14-4-3-11-20-14/h1-2,5-10,14,20,22H,3-4,11-12H2,(H,21,23). The summed E-state index contributed by atoms with van der Waals surface area (Å²) in [6, 6.07) is 11.3. The minimum Gasteiger partial charge on any atom is -0.350 e. The van der Waals surface area contributed by atoms with Gasteiger partial charge in [0.1, 0.15) is 5.82 Å². The van der Waals surface area contributed by atoms with E-state index >= 15 is 0 Å². The molecule has 26 heavy (non-hydrogen) atoms. The van der Waals surface area contributed by atoms with E-state index in [-0.39, 0.29) is 22.5 Å². The number of rotatable bonds is 6. The van der Waals surface area contributed by atoms with Gasteiger partial charge in [-0.1, -0.05) is 12.1 Å². The Labute approximate surface area is 151 Å². The number of amides is 1. The third-order valence-corrected chi connectivity index (χ3v) is 5.60. The minimum absolute atomic E-state index is 0.0465. The van der Waals surface area contributed by atoms with Crippen LogP contribution in [0.2, 0.25) is 0 Å². The van der Waals surface area contributed by atoms with Gasteiger partial charge in [0.25, 0.3) is 15.9 Å². The van der Waals surface area contributed by atoms with Crippen molar-refractivity contribution in [2.75, 3.05) is 17.8 Å². The van der Waals surface area contributed by atoms with Gasteiger partial charge in [0.05, 0.1) is 10.6 Å². The number of carbonyl (C=O) groups is 1. The summed E-state index contributed by atoms with van der Waals surface area (Å²) in [6.07, 6.45) is 2.13. The molecular weight excluding hydrogens is 357 g/mol. The summed E-state index contributed by atoms with van der Waals surface area (Å²) in [5.74, 6) is -0.919. The fourth-order valence-corrected chi connectivity index (χ4v) is 3.85. The highest BCUT2D eigenvalue weighted by atomic mass is 32.2. The van der Waals surface area contributed by atoms with Gasteiger partial charge in [0.2, 0.25) is 0 Å². The van der Waals surface area contributed by atoms with Gasteiger partial charge >= 0.3 is 0 Å². The summed E-state index contributed by atoms with van der Waals surface area (Å²) in [5, 5.41) is 6.12. The molecule has 0 aromatic heterocycles. The van der Waals surface area contributed by atoms with E-state index < -0.39 is 15.8 Å². The van der Waals surface area contributed by atoms with Crippen molar-refractivity contribution in [2.45, 2.75) is 23.8 Å². The zero-order valence-electron chi connectivity index (χ0n) is 14.0. The van der Waals surface area contributed by atoms with Crippen molar-refractivity contribution in [1.82, 2.24) is 10.6 Å². The average molecular weight is 377 g/mol. The lowest BCUT2D eigenvalue weighted by Gasteiger charge is -2.12. The third-order valence-electron chi connectivity index (χ3n) is 4.22. The van der Waals surface area contributed by atoms with Crippen LogP contribution in [0, 0.1) is 5.82 Å². The van der Waals surface area contributed by atoms with Crippen LogP contribution in [0.5, 0.6) is 0 Å². The molecule has 2 aromatic rings. The van der Waals surface area contributed by atoms with Gasteiger partial charge in [0.15, 0.2) is 0 Å². The number of benzene rings is 2. The van der Waals surface area contributed by atoms with Crippen molar-refractivity contribution in [3.63, 3.8) is 0 Å². The van der Waals surface area contributed by atoms with Crippen LogP contribution in [0.3, 0.4) is 0 Å². The molecule has 6 nitrogen and oxygen atoms in total. The normalized spacial score (nSPS) is 17.0. The van der Waals surface area contributed by atoms with E-state index in [9.17, 15) is 17.6 Å². The number of hydrogen-bond donors (Lipinski definition) is 3. The number of sulfonamides is 1. The minimum atomic E-state index is -3.94. The van der Waals surface area contributed by atoms with Gasteiger partial charge in [-0.2, -0.15) is 0 Å². The fourth-order valence-electron chi connectivity index (χ4n) is 2.78. The Bertz CT molecular complexity index is 879. The smallest absolute Gasteiger partial charge is 0.261 e. The highest BCUT2D eigenvalue weighted by Gasteiger charge is 2.18. The van der Waals surface area contributed by atoms with Crippen LogP contribution in [0.1, 0.15) is 23.2 Å². The Balaban J connectivity index is 1.66. The summed E-state index contributed by atoms with van der Waals surface area (Å²) in [4.78, 5) is 12.1. The topological polar surface area (TPSA) is 87.3 Å². The van der Waals surface area contributed by atoms with E-state index in [1.807, 2.05) is 0 Å². The number of para-hydroxylation sites is 1. The van der Waals surface area contributed by atoms with E-state index in [0.29, 0.717) is 12.1 Å². The molecule has 3 N–H and O–H groups in total. The van der Waals surface area contributed by atoms with Crippen molar-refractivity contribution >= 4 is 21.6 Å². The van der Waals surface area contributed by atoms with E-state index in [1.165, 1.54) is 48.5 Å². The molecular formula is C18H20FN3O3S. The quantitative estimate of drug-likeness (QED) is 0.720. The molecule has 1 saturated heterocycles. The highest BCUT2D eigenvalue weighted by molar-refractivity contribution is 7.92. The lowest BCUT2D eigenvalue weighted by molar-refractivity contribution is 0.0950. The summed E-state index contributed by atoms with van der Waals surface area (Å²) < 4.78 is 40.5. The Morgan fingerprint density at radius 2 is 1.88 bits per heavy atom. The maximum Gasteiger partial charge on any atom is 0.261 e. The van der Waals surface area contributed by atoms with Crippen molar-refractivity contribution in [3.05, 3.63) is 59.9 Å². The van der Waals surface area contributed by atoms with Crippen molar-refractivity contribution in [3.8, 4) is 0 Å². The lowest BCUT2D eigenvalue weighted by atomic mass is 10.2. The van der Waals surface area contributed by atoms with Gasteiger partial charge in [-0.15, -0.1) is 0 Å². The van der Waals surface area contributed by atoms with Crippen LogP contribution in [-0.4, -0.2) is 33.5 Å². The monoisotopic (exact) mass is 377 g/mol. The molecule has 0 spiro atoms. The number of hydrogen-bond acceptors (Lipinski definition) is 4. The maximum atomic E-state index is 13.6. The first-order valence-corrected chi connectivity index (χ1v) is 9.83. The predicted octanol–water partition coefficient (Wildman–Crippen LogP) is 2.11. The van der Waals surface area contributed by atoms with Crippen molar-refractivity contribution < 1.29 is 17.6 Å². The van der Waals surface area contributed by atoms with Crippen LogP contribution in [0.4, 0.5) is 10.1 Å². The molecule has 1 unspecified atom stereocenters. The molecule has 1 atom stereocenters. The summed E-state index contributed by atoms with van der Waals surface area (Å²) >= 11 is 0. The van der Waals surface area contributed by atoms with E-state index in [0.717, 1.165) is 19.4 Å². The van der Waals surface area contributed by atoms with Gasteiger partial charge in [-0.25, -0.2) is 12.8 Å². The molecule has 1 heterocycles. The average Bonchev–Trinajstić information content (AvgIpc) is 3.15. The number of carbonyl (C=O) groups excluding carboxylic acids is 1. The second-order valence-electron chi connectivity index (χ2n) is 6.11. The van der Waals surface area contributed by atoms with Crippen LogP contribution >= 0.6 is 0 Å². The fraction of sp³-hybridized carbons (Fsp3) is 0.278. The zero-order valence-corrected chi connectivity index (χ0v) is 14.9. The highest BCUT2D eigenvalue weighted by Crippen LogP contribution is 2.19. The van der Waals surface area contributed by atoms with Crippen LogP contribution in [0.15, 0.2) is 53.4 Å². The molecule has 1 aliphatic heterocycles. The van der Waals surface area contributed by atoms with Crippen molar-refractivity contribution in [1.29, 1.82) is 0 Å². The molecule has 3 rings (SSSR count). The molecule has 1 amide bonds. The first-order chi connectivity index (χ1) is 12.5. The van der Waals surface area contributed by atoms with Crippen LogP contribution in [-0.2, 0) is 10.0 Å². The summed E-state index contributed by atoms with van der Waals surface area (Å²) in [7, 11) is -3.94. The van der Waals surface area contributed by atoms with Gasteiger partial charge in [-0.3, -0.25) is 9.52 Å². The largest absolute Gasteiger partial charge is 0.350 e. The van der Waals surface area contributed by atoms with Crippen molar-refractivity contribution in [2.24, 2.45) is 0 Å². The molecule has 2 aromatic carbocycles. The molecule has 1 aliphatic rings. The van der Waals surface area contributed by atoms with Gasteiger partial charge in [0, 0.05) is 18.2 Å². The molecule has 0 radical (unpaired) electrons. The zero-order chi connectivity index (χ0) is 18.6. The Morgan fingerprint density at radius 1 is 1.15 bits per heavy atom. The lowest BCUT2D eigenvalue weighted by Crippen LogP contribution is -2.37. The first kappa shape index (κ1) is 18.3. The first-order valence-electron chi connectivity index (χ1n) is 8.35. The Morgan fingerprint density at radius 3 is 2.54 bits per heavy atom. The Hall–Kier alpha value is -2.45. The second-order valence-corrected chi connectivity index (χ2v) is 7.80. The molecule has 8 heteroatoms. The van der Waals surface area contributed by atoms with E-state index in [1.54, 1.807) is 0 Å². The molecule has 0 aliphatic carbocycles. The summed E-state index contributed by atoms with van der Waals surface area (Å²) in [5.41, 5.74) is 0.242. The number of anilines is 1. The molecule has 0 bridgehead atoms. The van der Waals surface area contributed by atoms with Crippen LogP contribution < -0.4 is 15.4 Å². The second kappa shape index (κ2) is 7.84. The van der Waals surface area contributed by atoms with Gasteiger partial charge in [-0.05, 0) is 55.8 Å². The SMILES string of the molecule is O=C(NCC1CCCN1)c1ccc(S(=O)(=O)Nc2ccccc2F)cc1. The van der Waals surface area contributed by atoms with Crippen LogP contribution in [0.25, 0.3) is 0 Å². The van der Waals surface area contributed by atoms with Gasteiger partial charge < -0.3 is 10.6 Å². The summed E-state index contributed by atoms with van der Waals surface area (Å²) in [6.45, 7) is 1.50.